The monoisotopic (exact) mass is 252 g/mol. The maximum Gasteiger partial charge on any atom is -0.0331 e. The van der Waals surface area contributed by atoms with E-state index in [0.717, 1.165) is 29.6 Å². The molecule has 3 unspecified atom stereocenters. The van der Waals surface area contributed by atoms with Crippen molar-refractivity contribution >= 4 is 0 Å². The summed E-state index contributed by atoms with van der Waals surface area (Å²) in [7, 11) is 0. The van der Waals surface area contributed by atoms with Crippen LogP contribution >= 0.6 is 0 Å². The van der Waals surface area contributed by atoms with E-state index in [1.165, 1.54) is 51.4 Å². The molecule has 0 N–H and O–H groups in total. The van der Waals surface area contributed by atoms with Gasteiger partial charge in [0.25, 0.3) is 0 Å². The Labute approximate surface area is 116 Å². The summed E-state index contributed by atoms with van der Waals surface area (Å²) in [5.74, 6) is 5.01. The third kappa shape index (κ3) is 4.00. The van der Waals surface area contributed by atoms with Crippen molar-refractivity contribution in [2.75, 3.05) is 0 Å². The fourth-order valence-electron chi connectivity index (χ4n) is 4.48. The predicted molar refractivity (Wildman–Crippen MR) is 82.8 cm³/mol. The second-order valence-corrected chi connectivity index (χ2v) is 6.93. The molecule has 0 aromatic heterocycles. The molecule has 0 heterocycles. The minimum Gasteiger partial charge on any atom is -0.0654 e. The van der Waals surface area contributed by atoms with Crippen LogP contribution in [0.1, 0.15) is 86.0 Å². The Morgan fingerprint density at radius 3 is 1.94 bits per heavy atom. The molecule has 18 heavy (non-hydrogen) atoms. The van der Waals surface area contributed by atoms with Crippen LogP contribution in [0.2, 0.25) is 0 Å². The van der Waals surface area contributed by atoms with Gasteiger partial charge in [-0.3, -0.25) is 0 Å². The first kappa shape index (κ1) is 16.1. The Bertz CT molecular complexity index is 198. The van der Waals surface area contributed by atoms with Gasteiger partial charge in [0.1, 0.15) is 0 Å². The van der Waals surface area contributed by atoms with E-state index in [1.54, 1.807) is 0 Å². The fourth-order valence-corrected chi connectivity index (χ4v) is 4.48. The molecule has 1 fully saturated rings. The van der Waals surface area contributed by atoms with Gasteiger partial charge < -0.3 is 0 Å². The highest BCUT2D eigenvalue weighted by Crippen LogP contribution is 2.52. The summed E-state index contributed by atoms with van der Waals surface area (Å²) in [6.45, 7) is 12.2. The van der Waals surface area contributed by atoms with E-state index in [2.05, 4.69) is 34.6 Å². The first-order valence-electron chi connectivity index (χ1n) is 8.63. The van der Waals surface area contributed by atoms with Crippen LogP contribution in [0.25, 0.3) is 0 Å². The molecule has 0 heteroatoms. The first-order valence-corrected chi connectivity index (χ1v) is 8.63. The smallest absolute Gasteiger partial charge is 0.0331 e. The van der Waals surface area contributed by atoms with E-state index in [1.807, 2.05) is 0 Å². The van der Waals surface area contributed by atoms with Gasteiger partial charge in [-0.25, -0.2) is 0 Å². The van der Waals surface area contributed by atoms with Gasteiger partial charge in [-0.15, -0.1) is 0 Å². The Morgan fingerprint density at radius 1 is 0.833 bits per heavy atom. The van der Waals surface area contributed by atoms with Crippen molar-refractivity contribution in [2.24, 2.45) is 29.6 Å². The zero-order chi connectivity index (χ0) is 13.5. The molecule has 1 aliphatic rings. The van der Waals surface area contributed by atoms with Crippen LogP contribution in [-0.2, 0) is 0 Å². The lowest BCUT2D eigenvalue weighted by Gasteiger charge is -2.53. The highest BCUT2D eigenvalue weighted by molar-refractivity contribution is 4.94. The SMILES string of the molecule is CCCCCC(C)C1C(C)C(CCCCC)C1C. The molecule has 1 saturated carbocycles. The van der Waals surface area contributed by atoms with Gasteiger partial charge in [0.05, 0.1) is 0 Å². The summed E-state index contributed by atoms with van der Waals surface area (Å²) < 4.78 is 0. The lowest BCUT2D eigenvalue weighted by molar-refractivity contribution is -0.0423. The van der Waals surface area contributed by atoms with E-state index in [4.69, 9.17) is 0 Å². The molecule has 0 amide bonds. The predicted octanol–water partition coefficient (Wildman–Crippen LogP) is 6.30. The van der Waals surface area contributed by atoms with Crippen molar-refractivity contribution in [1.29, 1.82) is 0 Å². The molecule has 3 atom stereocenters. The molecule has 0 aromatic rings. The molecule has 0 spiro atoms. The Hall–Kier alpha value is 0. The van der Waals surface area contributed by atoms with Crippen molar-refractivity contribution in [1.82, 2.24) is 0 Å². The first-order chi connectivity index (χ1) is 8.63. The van der Waals surface area contributed by atoms with Gasteiger partial charge in [0.2, 0.25) is 0 Å². The average molecular weight is 252 g/mol. The average Bonchev–Trinajstić information content (AvgIpc) is 2.35. The zero-order valence-electron chi connectivity index (χ0n) is 13.5. The second kappa shape index (κ2) is 8.23. The van der Waals surface area contributed by atoms with Gasteiger partial charge in [-0.2, -0.15) is 0 Å². The summed E-state index contributed by atoms with van der Waals surface area (Å²) >= 11 is 0. The van der Waals surface area contributed by atoms with Crippen LogP contribution < -0.4 is 0 Å². The standard InChI is InChI=1S/C18H36/c1-6-8-10-12-14(3)18-15(4)17(16(18)5)13-11-9-7-2/h14-18H,6-13H2,1-5H3. The molecule has 108 valence electrons. The minimum atomic E-state index is 0.962. The molecular weight excluding hydrogens is 216 g/mol. The topological polar surface area (TPSA) is 0 Å². The molecule has 0 aromatic carbocycles. The maximum atomic E-state index is 2.53. The molecule has 0 nitrogen and oxygen atoms in total. The van der Waals surface area contributed by atoms with Gasteiger partial charge in [-0.05, 0) is 36.0 Å². The molecule has 0 aliphatic heterocycles. The molecule has 1 rings (SSSR count). The molecule has 1 aliphatic carbocycles. The molecule has 0 bridgehead atoms. The fraction of sp³-hybridized carbons (Fsp3) is 1.00. The summed E-state index contributed by atoms with van der Waals surface area (Å²) in [6.07, 6.45) is 11.5. The van der Waals surface area contributed by atoms with Crippen LogP contribution in [0, 0.1) is 29.6 Å². The van der Waals surface area contributed by atoms with Gasteiger partial charge in [-0.1, -0.05) is 79.6 Å². The number of unbranched alkanes of at least 4 members (excludes halogenated alkanes) is 4. The Balaban J connectivity index is 2.28. The van der Waals surface area contributed by atoms with Crippen LogP contribution in [0.15, 0.2) is 0 Å². The molecule has 0 saturated heterocycles. The quantitative estimate of drug-likeness (QED) is 0.422. The summed E-state index contributed by atoms with van der Waals surface area (Å²) in [6, 6.07) is 0. The van der Waals surface area contributed by atoms with Gasteiger partial charge in [0.15, 0.2) is 0 Å². The number of rotatable bonds is 9. The number of hydrogen-bond donors (Lipinski definition) is 0. The van der Waals surface area contributed by atoms with Crippen LogP contribution in [-0.4, -0.2) is 0 Å². The molecule has 0 radical (unpaired) electrons. The van der Waals surface area contributed by atoms with Gasteiger partial charge in [0, 0.05) is 0 Å². The normalized spacial score (nSPS) is 33.2. The number of hydrogen-bond acceptors (Lipinski definition) is 0. The molecular formula is C18H36. The lowest BCUT2D eigenvalue weighted by Crippen LogP contribution is -2.46. The Kier molecular flexibility index (Phi) is 7.34. The summed E-state index contributed by atoms with van der Waals surface area (Å²) in [5.41, 5.74) is 0. The van der Waals surface area contributed by atoms with Crippen LogP contribution in [0.5, 0.6) is 0 Å². The van der Waals surface area contributed by atoms with Crippen molar-refractivity contribution in [2.45, 2.75) is 86.0 Å². The van der Waals surface area contributed by atoms with Crippen molar-refractivity contribution in [3.8, 4) is 0 Å². The van der Waals surface area contributed by atoms with Gasteiger partial charge >= 0.3 is 0 Å². The van der Waals surface area contributed by atoms with E-state index in [-0.39, 0.29) is 0 Å². The Morgan fingerprint density at radius 2 is 1.39 bits per heavy atom. The largest absolute Gasteiger partial charge is 0.0654 e. The second-order valence-electron chi connectivity index (χ2n) is 6.93. The summed E-state index contributed by atoms with van der Waals surface area (Å²) in [5, 5.41) is 0. The van der Waals surface area contributed by atoms with Crippen LogP contribution in [0.3, 0.4) is 0 Å². The van der Waals surface area contributed by atoms with E-state index in [9.17, 15) is 0 Å². The van der Waals surface area contributed by atoms with Crippen LogP contribution in [0.4, 0.5) is 0 Å². The van der Waals surface area contributed by atoms with Crippen molar-refractivity contribution in [3.63, 3.8) is 0 Å². The van der Waals surface area contributed by atoms with E-state index < -0.39 is 0 Å². The third-order valence-corrected chi connectivity index (χ3v) is 5.63. The minimum absolute atomic E-state index is 0.962. The highest BCUT2D eigenvalue weighted by Gasteiger charge is 2.45. The van der Waals surface area contributed by atoms with E-state index in [0.29, 0.717) is 0 Å². The maximum absolute atomic E-state index is 2.53. The lowest BCUT2D eigenvalue weighted by atomic mass is 9.52. The third-order valence-electron chi connectivity index (χ3n) is 5.63. The van der Waals surface area contributed by atoms with Crippen molar-refractivity contribution < 1.29 is 0 Å². The van der Waals surface area contributed by atoms with E-state index >= 15 is 0 Å². The van der Waals surface area contributed by atoms with Crippen molar-refractivity contribution in [3.05, 3.63) is 0 Å². The highest BCUT2D eigenvalue weighted by atomic mass is 14.5. The summed E-state index contributed by atoms with van der Waals surface area (Å²) in [4.78, 5) is 0. The zero-order valence-corrected chi connectivity index (χ0v) is 13.5.